The van der Waals surface area contributed by atoms with E-state index in [-0.39, 0.29) is 0 Å². The molecule has 18 heavy (non-hydrogen) atoms. The molecule has 0 atom stereocenters. The van der Waals surface area contributed by atoms with Crippen LogP contribution in [0.3, 0.4) is 0 Å². The predicted molar refractivity (Wildman–Crippen MR) is 76.5 cm³/mol. The molecule has 0 aliphatic carbocycles. The molecule has 2 aromatic rings. The Hall–Kier alpha value is -1.61. The van der Waals surface area contributed by atoms with Crippen molar-refractivity contribution in [1.82, 2.24) is 14.9 Å². The Morgan fingerprint density at radius 2 is 2.17 bits per heavy atom. The maximum Gasteiger partial charge on any atom is 0.123 e. The monoisotopic (exact) mass is 243 g/mol. The number of hydrogen-bond donors (Lipinski definition) is 1. The summed E-state index contributed by atoms with van der Waals surface area (Å²) in [6.45, 7) is 7.01. The van der Waals surface area contributed by atoms with Gasteiger partial charge in [-0.3, -0.25) is 0 Å². The molecule has 0 amide bonds. The lowest BCUT2D eigenvalue weighted by molar-refractivity contribution is 0.624. The summed E-state index contributed by atoms with van der Waals surface area (Å²) in [5, 5.41) is 3.44. The quantitative estimate of drug-likeness (QED) is 0.624. The molecule has 0 aliphatic rings. The van der Waals surface area contributed by atoms with Crippen LogP contribution < -0.4 is 5.32 Å². The van der Waals surface area contributed by atoms with Gasteiger partial charge in [0, 0.05) is 6.54 Å². The summed E-state index contributed by atoms with van der Waals surface area (Å²) in [4.78, 5) is 4.68. The average Bonchev–Trinajstić information content (AvgIpc) is 2.76. The van der Waals surface area contributed by atoms with Crippen molar-refractivity contribution in [2.75, 3.05) is 6.54 Å². The molecule has 0 fully saturated rings. The average molecular weight is 243 g/mol. The molecular weight excluding hydrogens is 222 g/mol. The van der Waals surface area contributed by atoms with E-state index in [9.17, 15) is 0 Å². The molecule has 1 N–H and O–H groups in total. The van der Waals surface area contributed by atoms with Gasteiger partial charge < -0.3 is 9.88 Å². The molecule has 0 saturated heterocycles. The van der Waals surface area contributed by atoms with Gasteiger partial charge in [0.2, 0.25) is 0 Å². The lowest BCUT2D eigenvalue weighted by Gasteiger charge is -2.06. The maximum absolute atomic E-state index is 4.68. The number of imidazole rings is 1. The fourth-order valence-corrected chi connectivity index (χ4v) is 2.17. The van der Waals surface area contributed by atoms with Gasteiger partial charge in [0.1, 0.15) is 5.82 Å². The molecule has 0 aliphatic heterocycles. The molecule has 96 valence electrons. The van der Waals surface area contributed by atoms with E-state index >= 15 is 0 Å². The second-order valence-corrected chi connectivity index (χ2v) is 4.30. The van der Waals surface area contributed by atoms with Crippen molar-refractivity contribution in [2.24, 2.45) is 0 Å². The maximum atomic E-state index is 4.68. The number of rotatable bonds is 6. The Bertz CT molecular complexity index is 526. The molecule has 3 nitrogen and oxygen atoms in total. The minimum absolute atomic E-state index is 0.833. The Kier molecular flexibility index (Phi) is 4.53. The first kappa shape index (κ1) is 12.8. The topological polar surface area (TPSA) is 29.9 Å². The van der Waals surface area contributed by atoms with E-state index in [0.29, 0.717) is 0 Å². The molecule has 0 saturated carbocycles. The third-order valence-corrected chi connectivity index (χ3v) is 3.06. The minimum atomic E-state index is 0.833. The molecule has 3 heteroatoms. The number of aromatic nitrogens is 2. The van der Waals surface area contributed by atoms with E-state index in [1.165, 1.54) is 5.52 Å². The SMILES string of the molecule is C/C=C/CCNCc1nc2ccccc2n1CC. The van der Waals surface area contributed by atoms with Crippen LogP contribution in [0.1, 0.15) is 26.1 Å². The van der Waals surface area contributed by atoms with Crippen LogP contribution in [0, 0.1) is 0 Å². The third-order valence-electron chi connectivity index (χ3n) is 3.06. The van der Waals surface area contributed by atoms with Crippen LogP contribution >= 0.6 is 0 Å². The summed E-state index contributed by atoms with van der Waals surface area (Å²) < 4.78 is 2.28. The molecule has 1 aromatic carbocycles. The largest absolute Gasteiger partial charge is 0.327 e. The highest BCUT2D eigenvalue weighted by atomic mass is 15.1. The van der Waals surface area contributed by atoms with Crippen LogP contribution in [0.15, 0.2) is 36.4 Å². The number of allylic oxidation sites excluding steroid dienone is 1. The van der Waals surface area contributed by atoms with E-state index < -0.39 is 0 Å². The highest BCUT2D eigenvalue weighted by Gasteiger charge is 2.07. The van der Waals surface area contributed by atoms with Gasteiger partial charge in [0.05, 0.1) is 17.6 Å². The van der Waals surface area contributed by atoms with Crippen molar-refractivity contribution in [3.63, 3.8) is 0 Å². The van der Waals surface area contributed by atoms with Crippen molar-refractivity contribution in [2.45, 2.75) is 33.4 Å². The van der Waals surface area contributed by atoms with Crippen LogP contribution in [0.4, 0.5) is 0 Å². The van der Waals surface area contributed by atoms with Crippen molar-refractivity contribution < 1.29 is 0 Å². The van der Waals surface area contributed by atoms with Crippen LogP contribution in [0.2, 0.25) is 0 Å². The summed E-state index contributed by atoms with van der Waals surface area (Å²) in [5.41, 5.74) is 2.31. The van der Waals surface area contributed by atoms with Gasteiger partial charge in [-0.25, -0.2) is 4.98 Å². The van der Waals surface area contributed by atoms with Gasteiger partial charge in [-0.2, -0.15) is 0 Å². The van der Waals surface area contributed by atoms with E-state index in [4.69, 9.17) is 0 Å². The zero-order valence-corrected chi connectivity index (χ0v) is 11.2. The number of hydrogen-bond acceptors (Lipinski definition) is 2. The Balaban J connectivity index is 2.07. The second-order valence-electron chi connectivity index (χ2n) is 4.30. The van der Waals surface area contributed by atoms with Gasteiger partial charge in [-0.1, -0.05) is 24.3 Å². The first-order valence-corrected chi connectivity index (χ1v) is 6.62. The zero-order valence-electron chi connectivity index (χ0n) is 11.2. The number of nitrogens with one attached hydrogen (secondary N) is 1. The number of nitrogens with zero attached hydrogens (tertiary/aromatic N) is 2. The first-order chi connectivity index (χ1) is 8.86. The summed E-state index contributed by atoms with van der Waals surface area (Å²) in [6, 6.07) is 8.32. The van der Waals surface area contributed by atoms with Crippen LogP contribution in [-0.4, -0.2) is 16.1 Å². The normalized spacial score (nSPS) is 11.7. The van der Waals surface area contributed by atoms with E-state index in [0.717, 1.165) is 37.4 Å². The summed E-state index contributed by atoms with van der Waals surface area (Å²) in [7, 11) is 0. The first-order valence-electron chi connectivity index (χ1n) is 6.62. The van der Waals surface area contributed by atoms with Crippen molar-refractivity contribution >= 4 is 11.0 Å². The minimum Gasteiger partial charge on any atom is -0.327 e. The van der Waals surface area contributed by atoms with E-state index in [2.05, 4.69) is 59.1 Å². The lowest BCUT2D eigenvalue weighted by Crippen LogP contribution is -2.17. The number of aryl methyl sites for hydroxylation is 1. The van der Waals surface area contributed by atoms with Gasteiger partial charge >= 0.3 is 0 Å². The summed E-state index contributed by atoms with van der Waals surface area (Å²) >= 11 is 0. The fraction of sp³-hybridized carbons (Fsp3) is 0.400. The molecule has 0 radical (unpaired) electrons. The second kappa shape index (κ2) is 6.36. The highest BCUT2D eigenvalue weighted by molar-refractivity contribution is 5.75. The van der Waals surface area contributed by atoms with E-state index in [1.807, 2.05) is 6.07 Å². The molecule has 0 spiro atoms. The number of benzene rings is 1. The third kappa shape index (κ3) is 2.79. The Morgan fingerprint density at radius 1 is 1.33 bits per heavy atom. The van der Waals surface area contributed by atoms with Gasteiger partial charge in [-0.05, 0) is 38.9 Å². The molecule has 0 unspecified atom stereocenters. The lowest BCUT2D eigenvalue weighted by atomic mass is 10.3. The Labute approximate surface area is 109 Å². The van der Waals surface area contributed by atoms with Gasteiger partial charge in [0.15, 0.2) is 0 Å². The smallest absolute Gasteiger partial charge is 0.123 e. The van der Waals surface area contributed by atoms with Gasteiger partial charge in [-0.15, -0.1) is 0 Å². The summed E-state index contributed by atoms with van der Waals surface area (Å²) in [5.74, 6) is 1.12. The van der Waals surface area contributed by atoms with Crippen LogP contribution in [0.5, 0.6) is 0 Å². The summed E-state index contributed by atoms with van der Waals surface area (Å²) in [6.07, 6.45) is 5.33. The molecule has 1 heterocycles. The van der Waals surface area contributed by atoms with E-state index in [1.54, 1.807) is 0 Å². The predicted octanol–water partition coefficient (Wildman–Crippen LogP) is 3.11. The van der Waals surface area contributed by atoms with Crippen molar-refractivity contribution in [3.05, 3.63) is 42.2 Å². The van der Waals surface area contributed by atoms with Crippen molar-refractivity contribution in [1.29, 1.82) is 0 Å². The van der Waals surface area contributed by atoms with Crippen LogP contribution in [0.25, 0.3) is 11.0 Å². The number of para-hydroxylation sites is 2. The standard InChI is InChI=1S/C15H21N3/c1-3-5-8-11-16-12-15-17-13-9-6-7-10-14(13)18(15)4-2/h3,5-7,9-10,16H,4,8,11-12H2,1-2H3/b5-3+. The molecule has 1 aromatic heterocycles. The zero-order chi connectivity index (χ0) is 12.8. The molecule has 2 rings (SSSR count). The highest BCUT2D eigenvalue weighted by Crippen LogP contribution is 2.15. The fourth-order valence-electron chi connectivity index (χ4n) is 2.17. The van der Waals surface area contributed by atoms with Crippen molar-refractivity contribution in [3.8, 4) is 0 Å². The van der Waals surface area contributed by atoms with Gasteiger partial charge in [0.25, 0.3) is 0 Å². The Morgan fingerprint density at radius 3 is 2.94 bits per heavy atom. The van der Waals surface area contributed by atoms with Crippen LogP contribution in [-0.2, 0) is 13.1 Å². The molecular formula is C15H21N3. The number of fused-ring (bicyclic) bond motifs is 1. The molecule has 0 bridgehead atoms.